The minimum atomic E-state index is -4.07. The van der Waals surface area contributed by atoms with E-state index in [4.69, 9.17) is 14.2 Å². The van der Waals surface area contributed by atoms with Crippen molar-refractivity contribution in [3.8, 4) is 11.5 Å². The van der Waals surface area contributed by atoms with E-state index < -0.39 is 15.9 Å². The largest absolute Gasteiger partial charge is 0.493 e. The number of aryl methyl sites for hydroxylation is 2. The van der Waals surface area contributed by atoms with Gasteiger partial charge in [0.25, 0.3) is 10.0 Å². The quantitative estimate of drug-likeness (QED) is 0.616. The number of hydrogen-bond donors (Lipinski definition) is 1. The van der Waals surface area contributed by atoms with Crippen molar-refractivity contribution in [2.24, 2.45) is 0 Å². The number of ether oxygens (including phenoxy) is 3. The predicted molar refractivity (Wildman–Crippen MR) is 122 cm³/mol. The number of amides is 1. The van der Waals surface area contributed by atoms with E-state index in [0.29, 0.717) is 24.6 Å². The van der Waals surface area contributed by atoms with Gasteiger partial charge in [0.1, 0.15) is 6.54 Å². The molecule has 3 rings (SSSR count). The lowest BCUT2D eigenvalue weighted by molar-refractivity contribution is -0.120. The summed E-state index contributed by atoms with van der Waals surface area (Å²) in [5.74, 6) is 0.305. The van der Waals surface area contributed by atoms with Gasteiger partial charge in [-0.2, -0.15) is 0 Å². The molecule has 1 aliphatic rings. The zero-order chi connectivity index (χ0) is 23.3. The van der Waals surface area contributed by atoms with Crippen molar-refractivity contribution in [3.05, 3.63) is 47.5 Å². The Morgan fingerprint density at radius 3 is 2.38 bits per heavy atom. The Balaban J connectivity index is 1.94. The predicted octanol–water partition coefficient (Wildman–Crippen LogP) is 2.81. The monoisotopic (exact) mass is 462 g/mol. The summed E-state index contributed by atoms with van der Waals surface area (Å²) in [6.07, 6.45) is 1.81. The average molecular weight is 463 g/mol. The van der Waals surface area contributed by atoms with Crippen molar-refractivity contribution in [1.29, 1.82) is 0 Å². The summed E-state index contributed by atoms with van der Waals surface area (Å²) < 4.78 is 44.4. The molecule has 1 fully saturated rings. The van der Waals surface area contributed by atoms with E-state index in [-0.39, 0.29) is 23.3 Å². The second-order valence-electron chi connectivity index (χ2n) is 7.81. The molecule has 0 saturated carbocycles. The van der Waals surface area contributed by atoms with Gasteiger partial charge < -0.3 is 19.5 Å². The Kier molecular flexibility index (Phi) is 7.63. The molecule has 1 unspecified atom stereocenters. The van der Waals surface area contributed by atoms with E-state index in [0.717, 1.165) is 28.3 Å². The van der Waals surface area contributed by atoms with Crippen LogP contribution in [0.15, 0.2) is 41.3 Å². The van der Waals surface area contributed by atoms with Gasteiger partial charge in [0.05, 0.1) is 30.9 Å². The number of hydrogen-bond acceptors (Lipinski definition) is 6. The fourth-order valence-corrected chi connectivity index (χ4v) is 5.15. The van der Waals surface area contributed by atoms with Gasteiger partial charge in [-0.3, -0.25) is 9.10 Å². The number of methoxy groups -OCH3 is 2. The van der Waals surface area contributed by atoms with E-state index in [2.05, 4.69) is 5.32 Å². The topological polar surface area (TPSA) is 94.2 Å². The fraction of sp³-hybridized carbons (Fsp3) is 0.435. The van der Waals surface area contributed by atoms with Gasteiger partial charge in [-0.15, -0.1) is 0 Å². The van der Waals surface area contributed by atoms with E-state index >= 15 is 0 Å². The average Bonchev–Trinajstić information content (AvgIpc) is 3.28. The van der Waals surface area contributed by atoms with Crippen LogP contribution in [0.1, 0.15) is 24.0 Å². The van der Waals surface area contributed by atoms with Gasteiger partial charge in [0.15, 0.2) is 11.5 Å². The first-order valence-corrected chi connectivity index (χ1v) is 11.9. The first-order valence-electron chi connectivity index (χ1n) is 10.5. The molecule has 0 radical (unpaired) electrons. The summed E-state index contributed by atoms with van der Waals surface area (Å²) in [7, 11) is -1.15. The number of carbonyl (C=O) groups excluding carboxylic acids is 1. The minimum Gasteiger partial charge on any atom is -0.493 e. The third kappa shape index (κ3) is 5.52. The lowest BCUT2D eigenvalue weighted by Gasteiger charge is -2.25. The molecule has 0 aliphatic carbocycles. The van der Waals surface area contributed by atoms with E-state index in [1.807, 2.05) is 19.9 Å². The molecule has 1 N–H and O–H groups in total. The maximum atomic E-state index is 13.6. The van der Waals surface area contributed by atoms with Crippen molar-refractivity contribution in [1.82, 2.24) is 5.32 Å². The summed E-state index contributed by atoms with van der Waals surface area (Å²) in [6.45, 7) is 4.45. The number of benzene rings is 2. The van der Waals surface area contributed by atoms with Crippen molar-refractivity contribution >= 4 is 21.6 Å². The van der Waals surface area contributed by atoms with Crippen LogP contribution in [0.3, 0.4) is 0 Å². The lowest BCUT2D eigenvalue weighted by Crippen LogP contribution is -2.42. The normalized spacial score (nSPS) is 15.9. The molecule has 2 aromatic rings. The van der Waals surface area contributed by atoms with Crippen LogP contribution >= 0.6 is 0 Å². The summed E-state index contributed by atoms with van der Waals surface area (Å²) in [5, 5.41) is 2.80. The molecule has 1 amide bonds. The van der Waals surface area contributed by atoms with E-state index in [9.17, 15) is 13.2 Å². The lowest BCUT2D eigenvalue weighted by atomic mass is 10.1. The molecule has 0 spiro atoms. The number of anilines is 1. The molecule has 174 valence electrons. The Labute approximate surface area is 189 Å². The Morgan fingerprint density at radius 1 is 1.09 bits per heavy atom. The van der Waals surface area contributed by atoms with Crippen LogP contribution in [0.25, 0.3) is 0 Å². The first-order chi connectivity index (χ1) is 15.2. The van der Waals surface area contributed by atoms with Crippen LogP contribution in [0, 0.1) is 13.8 Å². The molecule has 0 bridgehead atoms. The van der Waals surface area contributed by atoms with Crippen LogP contribution in [-0.2, 0) is 19.6 Å². The molecule has 32 heavy (non-hydrogen) atoms. The highest BCUT2D eigenvalue weighted by atomic mass is 32.2. The highest BCUT2D eigenvalue weighted by Gasteiger charge is 2.29. The molecule has 1 heterocycles. The third-order valence-electron chi connectivity index (χ3n) is 5.28. The molecular formula is C23H30N2O6S. The molecular weight excluding hydrogens is 432 g/mol. The number of rotatable bonds is 9. The number of nitrogens with one attached hydrogen (secondary N) is 1. The van der Waals surface area contributed by atoms with E-state index in [1.165, 1.54) is 32.4 Å². The number of sulfonamides is 1. The van der Waals surface area contributed by atoms with Gasteiger partial charge >= 0.3 is 0 Å². The maximum absolute atomic E-state index is 13.6. The fourth-order valence-electron chi connectivity index (χ4n) is 3.73. The summed E-state index contributed by atoms with van der Waals surface area (Å²) in [5.41, 5.74) is 2.21. The molecule has 0 aromatic heterocycles. The van der Waals surface area contributed by atoms with Crippen LogP contribution in [-0.4, -0.2) is 54.3 Å². The Bertz CT molecular complexity index is 1040. The van der Waals surface area contributed by atoms with Crippen molar-refractivity contribution in [2.75, 3.05) is 38.2 Å². The molecule has 1 atom stereocenters. The Morgan fingerprint density at radius 2 is 1.78 bits per heavy atom. The summed E-state index contributed by atoms with van der Waals surface area (Å²) in [6, 6.07) is 9.81. The maximum Gasteiger partial charge on any atom is 0.264 e. The SMILES string of the molecule is COc1ccc(S(=O)(=O)N(CC(=O)NCC2CCCO2)c2cc(C)cc(C)c2)cc1OC. The van der Waals surface area contributed by atoms with Crippen LogP contribution < -0.4 is 19.1 Å². The Hall–Kier alpha value is -2.78. The number of nitrogens with zero attached hydrogens (tertiary/aromatic N) is 1. The van der Waals surface area contributed by atoms with Gasteiger partial charge in [-0.1, -0.05) is 6.07 Å². The molecule has 1 aliphatic heterocycles. The molecule has 9 heteroatoms. The zero-order valence-corrected chi connectivity index (χ0v) is 19.7. The van der Waals surface area contributed by atoms with Crippen molar-refractivity contribution in [2.45, 2.75) is 37.7 Å². The molecule has 1 saturated heterocycles. The van der Waals surface area contributed by atoms with Crippen molar-refractivity contribution in [3.63, 3.8) is 0 Å². The summed E-state index contributed by atoms with van der Waals surface area (Å²) in [4.78, 5) is 12.7. The second-order valence-corrected chi connectivity index (χ2v) is 9.68. The van der Waals surface area contributed by atoms with Crippen LogP contribution in [0.4, 0.5) is 5.69 Å². The molecule has 8 nitrogen and oxygen atoms in total. The zero-order valence-electron chi connectivity index (χ0n) is 18.9. The van der Waals surface area contributed by atoms with Crippen LogP contribution in [0.2, 0.25) is 0 Å². The standard InChI is InChI=1S/C23H30N2O6S/c1-16-10-17(2)12-18(11-16)25(15-23(26)24-14-19-6-5-9-31-19)32(27,28)20-7-8-21(29-3)22(13-20)30-4/h7-8,10-13,19H,5-6,9,14-15H2,1-4H3,(H,24,26). The smallest absolute Gasteiger partial charge is 0.264 e. The van der Waals surface area contributed by atoms with Gasteiger partial charge in [-0.25, -0.2) is 8.42 Å². The highest BCUT2D eigenvalue weighted by Crippen LogP contribution is 2.32. The molecule has 2 aromatic carbocycles. The third-order valence-corrected chi connectivity index (χ3v) is 7.05. The van der Waals surface area contributed by atoms with E-state index in [1.54, 1.807) is 12.1 Å². The van der Waals surface area contributed by atoms with Crippen LogP contribution in [0.5, 0.6) is 11.5 Å². The van der Waals surface area contributed by atoms with Gasteiger partial charge in [0, 0.05) is 19.2 Å². The van der Waals surface area contributed by atoms with Gasteiger partial charge in [-0.05, 0) is 62.1 Å². The number of carbonyl (C=O) groups is 1. The van der Waals surface area contributed by atoms with Gasteiger partial charge in [0.2, 0.25) is 5.91 Å². The summed E-state index contributed by atoms with van der Waals surface area (Å²) >= 11 is 0. The highest BCUT2D eigenvalue weighted by molar-refractivity contribution is 7.92. The second kappa shape index (κ2) is 10.2. The van der Waals surface area contributed by atoms with Crippen molar-refractivity contribution < 1.29 is 27.4 Å². The first kappa shape index (κ1) is 23.9. The minimum absolute atomic E-state index is 0.00114.